The van der Waals surface area contributed by atoms with Crippen LogP contribution in [0.3, 0.4) is 0 Å². The Balaban J connectivity index is 2.48. The van der Waals surface area contributed by atoms with Crippen molar-refractivity contribution in [3.63, 3.8) is 0 Å². The van der Waals surface area contributed by atoms with Crippen LogP contribution in [0.2, 0.25) is 0 Å². The maximum atomic E-state index is 14.6. The average molecular weight is 416 g/mol. The second kappa shape index (κ2) is 7.71. The lowest BCUT2D eigenvalue weighted by Gasteiger charge is -2.26. The SMILES string of the molecule is COP(=O)(OC)C(F)=C[C@@]1(CCl)O[C@@H](n2ccc(N)nc2=O)[C@H](F)[C@@H]1O. The molecule has 0 radical (unpaired) electrons. The van der Waals surface area contributed by atoms with Crippen molar-refractivity contribution in [1.82, 2.24) is 9.55 Å². The first-order valence-corrected chi connectivity index (χ1v) is 9.23. The van der Waals surface area contributed by atoms with E-state index in [1.165, 1.54) is 6.07 Å². The first-order chi connectivity index (χ1) is 12.1. The van der Waals surface area contributed by atoms with Gasteiger partial charge in [0.2, 0.25) is 5.57 Å². The van der Waals surface area contributed by atoms with Crippen LogP contribution in [0.4, 0.5) is 14.6 Å². The molecule has 2 heterocycles. The second-order valence-corrected chi connectivity index (χ2v) is 7.78. The molecular formula is C13H17ClF2N3O6P. The van der Waals surface area contributed by atoms with Gasteiger partial charge in [-0.25, -0.2) is 9.18 Å². The molecule has 1 aliphatic rings. The average Bonchev–Trinajstić information content (AvgIpc) is 2.86. The summed E-state index contributed by atoms with van der Waals surface area (Å²) >= 11 is 5.77. The van der Waals surface area contributed by atoms with E-state index in [-0.39, 0.29) is 5.82 Å². The van der Waals surface area contributed by atoms with Crippen molar-refractivity contribution in [3.05, 3.63) is 34.4 Å². The fraction of sp³-hybridized carbons (Fsp3) is 0.538. The number of alkyl halides is 2. The van der Waals surface area contributed by atoms with Crippen molar-refractivity contribution in [1.29, 1.82) is 0 Å². The van der Waals surface area contributed by atoms with Crippen LogP contribution in [-0.4, -0.2) is 52.6 Å². The van der Waals surface area contributed by atoms with Crippen LogP contribution in [0.15, 0.2) is 28.7 Å². The fourth-order valence-corrected chi connectivity index (χ4v) is 3.59. The summed E-state index contributed by atoms with van der Waals surface area (Å²) < 4.78 is 56.1. The quantitative estimate of drug-likeness (QED) is 0.526. The van der Waals surface area contributed by atoms with E-state index in [1.807, 2.05) is 0 Å². The van der Waals surface area contributed by atoms with Crippen molar-refractivity contribution < 1.29 is 32.2 Å². The summed E-state index contributed by atoms with van der Waals surface area (Å²) in [7, 11) is -2.43. The second-order valence-electron chi connectivity index (χ2n) is 5.36. The lowest BCUT2D eigenvalue weighted by molar-refractivity contribution is -0.0616. The van der Waals surface area contributed by atoms with Gasteiger partial charge in [0, 0.05) is 20.4 Å². The molecule has 0 bridgehead atoms. The standard InChI is InChI=1S/C13H17ClF2N3O6P/c1-23-26(22,24-2)7(15)5-13(6-14)10(20)9(16)11(25-13)19-4-3-8(17)18-12(19)21/h3-5,9-11,20H,6H2,1-2H3,(H2,17,18,21)/t9-,10+,11-,13+/m1/s1. The summed E-state index contributed by atoms with van der Waals surface area (Å²) in [4.78, 5) is 15.3. The number of rotatable bonds is 6. The molecule has 0 amide bonds. The summed E-state index contributed by atoms with van der Waals surface area (Å²) in [5, 5.41) is 10.2. The zero-order valence-electron chi connectivity index (χ0n) is 13.7. The maximum absolute atomic E-state index is 14.6. The van der Waals surface area contributed by atoms with Crippen molar-refractivity contribution in [2.24, 2.45) is 0 Å². The van der Waals surface area contributed by atoms with E-state index in [9.17, 15) is 23.2 Å². The number of hydrogen-bond donors (Lipinski definition) is 2. The Bertz CT molecular complexity index is 800. The Morgan fingerprint density at radius 1 is 1.62 bits per heavy atom. The van der Waals surface area contributed by atoms with Crippen molar-refractivity contribution in [3.8, 4) is 0 Å². The van der Waals surface area contributed by atoms with E-state index >= 15 is 0 Å². The maximum Gasteiger partial charge on any atom is 0.388 e. The molecule has 2 rings (SSSR count). The minimum atomic E-state index is -4.31. The van der Waals surface area contributed by atoms with E-state index in [2.05, 4.69) is 14.0 Å². The molecule has 0 unspecified atom stereocenters. The molecule has 0 saturated carbocycles. The molecule has 9 nitrogen and oxygen atoms in total. The van der Waals surface area contributed by atoms with Gasteiger partial charge in [0.25, 0.3) is 0 Å². The highest BCUT2D eigenvalue weighted by molar-refractivity contribution is 7.58. The van der Waals surface area contributed by atoms with Crippen LogP contribution >= 0.6 is 19.2 Å². The Hall–Kier alpha value is -1.36. The lowest BCUT2D eigenvalue weighted by Crippen LogP contribution is -2.42. The van der Waals surface area contributed by atoms with Crippen molar-refractivity contribution in [2.45, 2.75) is 24.1 Å². The van der Waals surface area contributed by atoms with Gasteiger partial charge < -0.3 is 24.6 Å². The van der Waals surface area contributed by atoms with Crippen LogP contribution in [0.25, 0.3) is 0 Å². The molecular weight excluding hydrogens is 399 g/mol. The van der Waals surface area contributed by atoms with Crippen LogP contribution in [0.1, 0.15) is 6.23 Å². The van der Waals surface area contributed by atoms with E-state index < -0.39 is 48.8 Å². The first kappa shape index (κ1) is 20.9. The van der Waals surface area contributed by atoms with Crippen LogP contribution in [0, 0.1) is 0 Å². The molecule has 4 atom stereocenters. The van der Waals surface area contributed by atoms with E-state index in [0.29, 0.717) is 6.08 Å². The van der Waals surface area contributed by atoms with E-state index in [0.717, 1.165) is 25.0 Å². The largest absolute Gasteiger partial charge is 0.388 e. The molecule has 0 aliphatic carbocycles. The third-order valence-corrected chi connectivity index (χ3v) is 5.89. The molecule has 1 saturated heterocycles. The Morgan fingerprint density at radius 2 is 2.23 bits per heavy atom. The first-order valence-electron chi connectivity index (χ1n) is 7.15. The number of nitrogen functional groups attached to an aromatic ring is 1. The van der Waals surface area contributed by atoms with Crippen LogP contribution in [0.5, 0.6) is 0 Å². The minimum absolute atomic E-state index is 0.101. The molecule has 1 aromatic rings. The zero-order chi connectivity index (χ0) is 19.7. The Labute approximate surface area is 151 Å². The summed E-state index contributed by atoms with van der Waals surface area (Å²) in [6.07, 6.45) is -4.19. The van der Waals surface area contributed by atoms with Gasteiger partial charge >= 0.3 is 13.3 Å². The van der Waals surface area contributed by atoms with E-state index in [1.54, 1.807) is 0 Å². The van der Waals surface area contributed by atoms with Gasteiger partial charge in [-0.15, -0.1) is 11.6 Å². The highest BCUT2D eigenvalue weighted by Crippen LogP contribution is 2.57. The smallest absolute Gasteiger partial charge is 0.386 e. The predicted molar refractivity (Wildman–Crippen MR) is 88.2 cm³/mol. The molecule has 3 N–H and O–H groups in total. The molecule has 13 heteroatoms. The van der Waals surface area contributed by atoms with Crippen LogP contribution in [-0.2, 0) is 18.3 Å². The fourth-order valence-electron chi connectivity index (χ4n) is 2.41. The number of halogens is 3. The molecule has 1 aliphatic heterocycles. The zero-order valence-corrected chi connectivity index (χ0v) is 15.4. The van der Waals surface area contributed by atoms with E-state index in [4.69, 9.17) is 22.1 Å². The van der Waals surface area contributed by atoms with Crippen molar-refractivity contribution in [2.75, 3.05) is 25.8 Å². The molecule has 0 aromatic carbocycles. The Kier molecular flexibility index (Phi) is 6.21. The number of nitrogens with two attached hydrogens (primary N) is 1. The normalized spacial score (nSPS) is 29.9. The molecule has 26 heavy (non-hydrogen) atoms. The number of nitrogens with zero attached hydrogens (tertiary/aromatic N) is 2. The van der Waals surface area contributed by atoms with Gasteiger partial charge in [-0.2, -0.15) is 9.37 Å². The van der Waals surface area contributed by atoms with Gasteiger partial charge in [-0.05, 0) is 12.1 Å². The number of aromatic nitrogens is 2. The van der Waals surface area contributed by atoms with Gasteiger partial charge in [0.1, 0.15) is 17.5 Å². The molecule has 1 aromatic heterocycles. The summed E-state index contributed by atoms with van der Waals surface area (Å²) in [5.74, 6) is -0.723. The third-order valence-electron chi connectivity index (χ3n) is 3.86. The monoisotopic (exact) mass is 415 g/mol. The van der Waals surface area contributed by atoms with Gasteiger partial charge in [0.15, 0.2) is 12.4 Å². The van der Waals surface area contributed by atoms with Crippen molar-refractivity contribution >= 4 is 25.0 Å². The lowest BCUT2D eigenvalue weighted by atomic mass is 9.98. The number of hydrogen-bond acceptors (Lipinski definition) is 8. The molecule has 146 valence electrons. The number of anilines is 1. The summed E-state index contributed by atoms with van der Waals surface area (Å²) in [5.41, 5.74) is 0.851. The third kappa shape index (κ3) is 3.55. The number of ether oxygens (including phenoxy) is 1. The van der Waals surface area contributed by atoms with Crippen LogP contribution < -0.4 is 11.4 Å². The number of aliphatic hydroxyl groups excluding tert-OH is 1. The number of aliphatic hydroxyl groups is 1. The van der Waals surface area contributed by atoms with Gasteiger partial charge in [-0.3, -0.25) is 9.13 Å². The summed E-state index contributed by atoms with van der Waals surface area (Å²) in [6.45, 7) is 0. The highest BCUT2D eigenvalue weighted by atomic mass is 35.5. The molecule has 0 spiro atoms. The van der Waals surface area contributed by atoms with Gasteiger partial charge in [0.05, 0.1) is 5.88 Å². The topological polar surface area (TPSA) is 126 Å². The highest BCUT2D eigenvalue weighted by Gasteiger charge is 2.56. The summed E-state index contributed by atoms with van der Waals surface area (Å²) in [6, 6.07) is 1.21. The minimum Gasteiger partial charge on any atom is -0.386 e. The predicted octanol–water partition coefficient (Wildman–Crippen LogP) is 1.33. The molecule has 1 fully saturated rings. The Morgan fingerprint density at radius 3 is 2.73 bits per heavy atom. The van der Waals surface area contributed by atoms with Gasteiger partial charge in [-0.1, -0.05) is 0 Å².